The van der Waals surface area contributed by atoms with Crippen molar-refractivity contribution in [1.82, 2.24) is 4.98 Å². The number of aryl methyl sites for hydroxylation is 1. The summed E-state index contributed by atoms with van der Waals surface area (Å²) in [6.07, 6.45) is 1.55. The minimum absolute atomic E-state index is 0.0827. The van der Waals surface area contributed by atoms with Crippen LogP contribution in [0.15, 0.2) is 30.5 Å². The number of nitrogens with two attached hydrogens (primary N) is 1. The lowest BCUT2D eigenvalue weighted by Gasteiger charge is -2.11. The van der Waals surface area contributed by atoms with Crippen LogP contribution >= 0.6 is 11.6 Å². The van der Waals surface area contributed by atoms with E-state index in [1.54, 1.807) is 25.3 Å². The molecule has 1 aromatic carbocycles. The largest absolute Gasteiger partial charge is 0.505 e. The topological polar surface area (TPSA) is 88.2 Å². The van der Waals surface area contributed by atoms with E-state index in [2.05, 4.69) is 10.3 Å². The van der Waals surface area contributed by atoms with E-state index >= 15 is 0 Å². The quantitative estimate of drug-likeness (QED) is 0.447. The third kappa shape index (κ3) is 2.61. The number of nitrogens with one attached hydrogen (secondary N) is 1. The van der Waals surface area contributed by atoms with Gasteiger partial charge in [0.2, 0.25) is 0 Å². The molecule has 1 amide bonds. The molecule has 98 valence electrons. The Balaban J connectivity index is 2.34. The molecular formula is C13H12ClN3O2. The summed E-state index contributed by atoms with van der Waals surface area (Å²) in [4.78, 5) is 16.0. The zero-order valence-corrected chi connectivity index (χ0v) is 10.9. The number of amides is 1. The number of anilines is 2. The second-order valence-corrected chi connectivity index (χ2v) is 4.35. The summed E-state index contributed by atoms with van der Waals surface area (Å²) in [5, 5.41) is 12.6. The number of pyridine rings is 1. The van der Waals surface area contributed by atoms with Gasteiger partial charge in [-0.25, -0.2) is 4.98 Å². The lowest BCUT2D eigenvalue weighted by atomic mass is 10.1. The number of aromatic nitrogens is 1. The van der Waals surface area contributed by atoms with Crippen LogP contribution < -0.4 is 11.1 Å². The normalized spacial score (nSPS) is 10.2. The van der Waals surface area contributed by atoms with Gasteiger partial charge in [-0.1, -0.05) is 17.7 Å². The van der Waals surface area contributed by atoms with Crippen LogP contribution in [0.1, 0.15) is 15.9 Å². The number of aromatic hydroxyl groups is 1. The van der Waals surface area contributed by atoms with Crippen LogP contribution in [-0.4, -0.2) is 16.0 Å². The monoisotopic (exact) mass is 277 g/mol. The van der Waals surface area contributed by atoms with Gasteiger partial charge in [0.1, 0.15) is 0 Å². The lowest BCUT2D eigenvalue weighted by molar-refractivity contribution is 0.102. The molecule has 0 atom stereocenters. The highest BCUT2D eigenvalue weighted by Crippen LogP contribution is 2.27. The Hall–Kier alpha value is -2.27. The number of halogens is 1. The summed E-state index contributed by atoms with van der Waals surface area (Å²) >= 11 is 5.92. The van der Waals surface area contributed by atoms with Crippen molar-refractivity contribution in [3.05, 3.63) is 46.7 Å². The van der Waals surface area contributed by atoms with Crippen molar-refractivity contribution in [2.45, 2.75) is 6.92 Å². The Bertz CT molecular complexity index is 624. The fourth-order valence-corrected chi connectivity index (χ4v) is 1.85. The first kappa shape index (κ1) is 13.2. The Morgan fingerprint density at radius 3 is 2.84 bits per heavy atom. The van der Waals surface area contributed by atoms with E-state index in [9.17, 15) is 9.90 Å². The first-order chi connectivity index (χ1) is 9.00. The van der Waals surface area contributed by atoms with Gasteiger partial charge >= 0.3 is 0 Å². The van der Waals surface area contributed by atoms with Gasteiger partial charge in [0, 0.05) is 6.20 Å². The number of phenols is 1. The van der Waals surface area contributed by atoms with Crippen LogP contribution in [-0.2, 0) is 0 Å². The molecule has 0 saturated heterocycles. The molecule has 0 fully saturated rings. The van der Waals surface area contributed by atoms with Gasteiger partial charge < -0.3 is 16.2 Å². The van der Waals surface area contributed by atoms with Crippen LogP contribution in [0.4, 0.5) is 11.4 Å². The average Bonchev–Trinajstić information content (AvgIpc) is 2.37. The third-order valence-corrected chi connectivity index (χ3v) is 2.95. The second-order valence-electron chi connectivity index (χ2n) is 3.99. The summed E-state index contributed by atoms with van der Waals surface area (Å²) in [6, 6.07) is 6.29. The van der Waals surface area contributed by atoms with E-state index in [1.165, 1.54) is 12.1 Å². The van der Waals surface area contributed by atoms with E-state index in [4.69, 9.17) is 17.3 Å². The number of benzene rings is 1. The number of nitrogens with zero attached hydrogens (tertiary/aromatic N) is 1. The summed E-state index contributed by atoms with van der Waals surface area (Å²) in [5.74, 6) is -0.750. The van der Waals surface area contributed by atoms with Crippen molar-refractivity contribution in [1.29, 1.82) is 0 Å². The summed E-state index contributed by atoms with van der Waals surface area (Å²) in [7, 11) is 0. The van der Waals surface area contributed by atoms with Crippen molar-refractivity contribution >= 4 is 28.9 Å². The molecule has 2 aromatic rings. The summed E-state index contributed by atoms with van der Waals surface area (Å²) in [5.41, 5.74) is 6.95. The fourth-order valence-electron chi connectivity index (χ4n) is 1.60. The highest BCUT2D eigenvalue weighted by molar-refractivity contribution is 6.33. The smallest absolute Gasteiger partial charge is 0.259 e. The SMILES string of the molecule is Cc1ccnc(Cl)c1NC(=O)c1cccc(N)c1O. The third-order valence-electron chi connectivity index (χ3n) is 2.66. The van der Waals surface area contributed by atoms with Gasteiger partial charge in [0.25, 0.3) is 5.91 Å². The van der Waals surface area contributed by atoms with E-state index in [1.807, 2.05) is 0 Å². The second kappa shape index (κ2) is 5.16. The molecule has 1 aromatic heterocycles. The van der Waals surface area contributed by atoms with Crippen LogP contribution in [0.25, 0.3) is 0 Å². The number of hydrogen-bond acceptors (Lipinski definition) is 4. The minimum Gasteiger partial charge on any atom is -0.505 e. The number of carbonyl (C=O) groups is 1. The van der Waals surface area contributed by atoms with Gasteiger partial charge in [-0.15, -0.1) is 0 Å². The van der Waals surface area contributed by atoms with Gasteiger partial charge in [-0.05, 0) is 30.7 Å². The summed E-state index contributed by atoms with van der Waals surface area (Å²) in [6.45, 7) is 1.79. The van der Waals surface area contributed by atoms with Crippen molar-refractivity contribution in [2.24, 2.45) is 0 Å². The molecule has 0 aliphatic rings. The number of rotatable bonds is 2. The standard InChI is InChI=1S/C13H12ClN3O2/c1-7-5-6-16-12(14)10(7)17-13(19)8-3-2-4-9(15)11(8)18/h2-6,18H,15H2,1H3,(H,17,19). The zero-order chi connectivity index (χ0) is 14.0. The lowest BCUT2D eigenvalue weighted by Crippen LogP contribution is -2.14. The molecule has 1 heterocycles. The molecule has 5 nitrogen and oxygen atoms in total. The molecular weight excluding hydrogens is 266 g/mol. The maximum atomic E-state index is 12.1. The van der Waals surface area contributed by atoms with Gasteiger partial charge in [0.15, 0.2) is 10.9 Å². The highest BCUT2D eigenvalue weighted by Gasteiger charge is 2.15. The Labute approximate surface area is 115 Å². The van der Waals surface area contributed by atoms with E-state index < -0.39 is 5.91 Å². The van der Waals surface area contributed by atoms with E-state index in [0.29, 0.717) is 5.69 Å². The Morgan fingerprint density at radius 2 is 2.16 bits per heavy atom. The van der Waals surface area contributed by atoms with Gasteiger partial charge in [0.05, 0.1) is 16.9 Å². The number of carbonyl (C=O) groups excluding carboxylic acids is 1. The molecule has 0 bridgehead atoms. The van der Waals surface area contributed by atoms with Crippen molar-refractivity contribution in [3.8, 4) is 5.75 Å². The molecule has 0 spiro atoms. The number of para-hydroxylation sites is 1. The zero-order valence-electron chi connectivity index (χ0n) is 10.1. The average molecular weight is 278 g/mol. The number of phenolic OH excluding ortho intramolecular Hbond substituents is 1. The van der Waals surface area contributed by atoms with E-state index in [-0.39, 0.29) is 22.2 Å². The molecule has 0 aliphatic carbocycles. The van der Waals surface area contributed by atoms with Crippen LogP contribution in [0.3, 0.4) is 0 Å². The maximum Gasteiger partial charge on any atom is 0.259 e. The summed E-state index contributed by atoms with van der Waals surface area (Å²) < 4.78 is 0. The fraction of sp³-hybridized carbons (Fsp3) is 0.0769. The highest BCUT2D eigenvalue weighted by atomic mass is 35.5. The van der Waals surface area contributed by atoms with Crippen molar-refractivity contribution in [2.75, 3.05) is 11.1 Å². The van der Waals surface area contributed by atoms with Gasteiger partial charge in [-0.2, -0.15) is 0 Å². The molecule has 4 N–H and O–H groups in total. The van der Waals surface area contributed by atoms with Crippen LogP contribution in [0.5, 0.6) is 5.75 Å². The Morgan fingerprint density at radius 1 is 1.42 bits per heavy atom. The number of hydrogen-bond donors (Lipinski definition) is 3. The first-order valence-corrected chi connectivity index (χ1v) is 5.88. The Kier molecular flexibility index (Phi) is 3.57. The molecule has 2 rings (SSSR count). The predicted molar refractivity (Wildman–Crippen MR) is 74.5 cm³/mol. The molecule has 0 saturated carbocycles. The maximum absolute atomic E-state index is 12.1. The number of nitrogen functional groups attached to an aromatic ring is 1. The minimum atomic E-state index is -0.497. The van der Waals surface area contributed by atoms with Crippen molar-refractivity contribution < 1.29 is 9.90 Å². The molecule has 0 unspecified atom stereocenters. The first-order valence-electron chi connectivity index (χ1n) is 5.50. The molecule has 0 radical (unpaired) electrons. The molecule has 6 heteroatoms. The molecule has 0 aliphatic heterocycles. The van der Waals surface area contributed by atoms with Gasteiger partial charge in [-0.3, -0.25) is 4.79 Å². The van der Waals surface area contributed by atoms with Crippen LogP contribution in [0.2, 0.25) is 5.15 Å². The van der Waals surface area contributed by atoms with E-state index in [0.717, 1.165) is 5.56 Å². The van der Waals surface area contributed by atoms with Crippen molar-refractivity contribution in [3.63, 3.8) is 0 Å². The van der Waals surface area contributed by atoms with Crippen LogP contribution in [0, 0.1) is 6.92 Å². The predicted octanol–water partition coefficient (Wildman–Crippen LogP) is 2.58. The molecule has 19 heavy (non-hydrogen) atoms.